The Morgan fingerprint density at radius 3 is 2.23 bits per heavy atom. The first kappa shape index (κ1) is 27.8. The average Bonchev–Trinajstić information content (AvgIpc) is 3.71. The molecule has 9 rings (SSSR count). The number of aromatic hydroxyl groups is 1. The molecule has 228 valence electrons. The van der Waals surface area contributed by atoms with Crippen LogP contribution in [0.15, 0.2) is 156 Å². The zero-order chi connectivity index (χ0) is 32.2. The van der Waals surface area contributed by atoms with Gasteiger partial charge in [-0.3, -0.25) is 4.40 Å². The maximum atomic E-state index is 11.4. The predicted molar refractivity (Wildman–Crippen MR) is 194 cm³/mol. The highest BCUT2D eigenvalue weighted by Gasteiger charge is 2.21. The summed E-state index contributed by atoms with van der Waals surface area (Å²) in [7, 11) is 0. The quantitative estimate of drug-likeness (QED) is 0.208. The zero-order valence-corrected chi connectivity index (χ0v) is 26.1. The molecule has 4 aromatic heterocycles. The SMILES string of the molecule is Cc1ccccc1-c1cc(-c2cccc(-c3nc4ccccn4c3-c3ccccc3)c2)nc(-c2c(O)ccc3c2oc2ccccc23)c1. The van der Waals surface area contributed by atoms with Crippen molar-refractivity contribution in [2.24, 2.45) is 0 Å². The Bertz CT molecular complexity index is 2650. The van der Waals surface area contributed by atoms with Crippen LogP contribution < -0.4 is 0 Å². The summed E-state index contributed by atoms with van der Waals surface area (Å²) in [5.74, 6) is 0.118. The summed E-state index contributed by atoms with van der Waals surface area (Å²) in [4.78, 5) is 10.3. The van der Waals surface area contributed by atoms with Gasteiger partial charge in [0.05, 0.1) is 28.3 Å². The summed E-state index contributed by atoms with van der Waals surface area (Å²) in [6, 6.07) is 48.9. The van der Waals surface area contributed by atoms with Crippen molar-refractivity contribution < 1.29 is 9.52 Å². The third-order valence-corrected chi connectivity index (χ3v) is 9.07. The normalized spacial score (nSPS) is 11.5. The number of benzene rings is 5. The number of furan rings is 1. The lowest BCUT2D eigenvalue weighted by molar-refractivity contribution is 0.477. The van der Waals surface area contributed by atoms with Gasteiger partial charge >= 0.3 is 0 Å². The van der Waals surface area contributed by atoms with E-state index in [2.05, 4.69) is 90.3 Å². The molecule has 0 spiro atoms. The molecule has 0 saturated heterocycles. The van der Waals surface area contributed by atoms with E-state index in [-0.39, 0.29) is 5.75 Å². The van der Waals surface area contributed by atoms with Crippen molar-refractivity contribution in [2.45, 2.75) is 6.92 Å². The van der Waals surface area contributed by atoms with Crippen molar-refractivity contribution in [2.75, 3.05) is 0 Å². The number of phenols is 1. The van der Waals surface area contributed by atoms with Crippen LogP contribution in [-0.2, 0) is 0 Å². The summed E-state index contributed by atoms with van der Waals surface area (Å²) in [6.07, 6.45) is 2.06. The second-order valence-corrected chi connectivity index (χ2v) is 12.1. The fraction of sp³-hybridized carbons (Fsp3) is 0.0233. The van der Waals surface area contributed by atoms with Crippen molar-refractivity contribution in [3.8, 4) is 61.9 Å². The predicted octanol–water partition coefficient (Wildman–Crippen LogP) is 11.0. The molecule has 5 heteroatoms. The van der Waals surface area contributed by atoms with Gasteiger partial charge < -0.3 is 9.52 Å². The average molecular weight is 620 g/mol. The lowest BCUT2D eigenvalue weighted by Gasteiger charge is -2.13. The van der Waals surface area contributed by atoms with Gasteiger partial charge in [-0.1, -0.05) is 97.1 Å². The number of pyridine rings is 2. The van der Waals surface area contributed by atoms with Gasteiger partial charge in [-0.15, -0.1) is 0 Å². The number of para-hydroxylation sites is 1. The Kier molecular flexibility index (Phi) is 6.44. The van der Waals surface area contributed by atoms with Gasteiger partial charge in [0.25, 0.3) is 0 Å². The van der Waals surface area contributed by atoms with Crippen LogP contribution in [0.1, 0.15) is 5.56 Å². The summed E-state index contributed by atoms with van der Waals surface area (Å²) in [5.41, 5.74) is 12.5. The highest BCUT2D eigenvalue weighted by molar-refractivity contribution is 6.10. The van der Waals surface area contributed by atoms with Gasteiger partial charge in [0, 0.05) is 33.7 Å². The molecule has 0 saturated carbocycles. The first-order chi connectivity index (χ1) is 23.6. The molecule has 0 aliphatic heterocycles. The topological polar surface area (TPSA) is 63.6 Å². The standard InChI is InChI=1S/C43H29N3O2/c1-27-12-5-6-17-32(27)31-25-35(44-36(26-31)40-37(47)22-21-34-33-18-7-8-19-38(33)48-43(34)40)29-15-11-16-30(24-29)41-42(28-13-3-2-4-14-28)46-23-10-9-20-39(46)45-41/h2-26,47H,1H3. The van der Waals surface area contributed by atoms with Crippen LogP contribution in [0, 0.1) is 6.92 Å². The Morgan fingerprint density at radius 1 is 0.583 bits per heavy atom. The fourth-order valence-corrected chi connectivity index (χ4v) is 6.78. The van der Waals surface area contributed by atoms with Crippen LogP contribution in [0.5, 0.6) is 5.75 Å². The van der Waals surface area contributed by atoms with Crippen LogP contribution in [0.25, 0.3) is 83.7 Å². The number of imidazole rings is 1. The molecule has 0 atom stereocenters. The molecular formula is C43H29N3O2. The molecule has 4 heterocycles. The smallest absolute Gasteiger partial charge is 0.148 e. The first-order valence-corrected chi connectivity index (χ1v) is 16.0. The fourth-order valence-electron chi connectivity index (χ4n) is 6.78. The molecule has 0 bridgehead atoms. The summed E-state index contributed by atoms with van der Waals surface area (Å²) in [6.45, 7) is 2.11. The summed E-state index contributed by atoms with van der Waals surface area (Å²) in [5, 5.41) is 13.3. The van der Waals surface area contributed by atoms with E-state index < -0.39 is 0 Å². The van der Waals surface area contributed by atoms with Crippen LogP contribution >= 0.6 is 0 Å². The van der Waals surface area contributed by atoms with Gasteiger partial charge in [0.15, 0.2) is 0 Å². The van der Waals surface area contributed by atoms with E-state index in [1.54, 1.807) is 6.07 Å². The maximum absolute atomic E-state index is 11.4. The van der Waals surface area contributed by atoms with Crippen LogP contribution in [0.2, 0.25) is 0 Å². The number of aryl methyl sites for hydroxylation is 1. The second-order valence-electron chi connectivity index (χ2n) is 12.1. The molecular weight excluding hydrogens is 590 g/mol. The molecule has 48 heavy (non-hydrogen) atoms. The lowest BCUT2D eigenvalue weighted by Crippen LogP contribution is -1.94. The third kappa shape index (κ3) is 4.56. The molecule has 5 nitrogen and oxygen atoms in total. The van der Waals surface area contributed by atoms with Gasteiger partial charge in [-0.05, 0) is 72.1 Å². The second kappa shape index (κ2) is 11.1. The first-order valence-electron chi connectivity index (χ1n) is 16.0. The molecule has 9 aromatic rings. The van der Waals surface area contributed by atoms with E-state index in [1.807, 2.05) is 66.7 Å². The number of hydrogen-bond acceptors (Lipinski definition) is 4. The van der Waals surface area contributed by atoms with Gasteiger partial charge in [-0.25, -0.2) is 9.97 Å². The molecule has 0 aliphatic carbocycles. The Hall–Kier alpha value is -6.46. The molecule has 0 fully saturated rings. The lowest BCUT2D eigenvalue weighted by atomic mass is 9.95. The monoisotopic (exact) mass is 619 g/mol. The van der Waals surface area contributed by atoms with Crippen molar-refractivity contribution in [3.05, 3.63) is 157 Å². The third-order valence-electron chi connectivity index (χ3n) is 9.07. The van der Waals surface area contributed by atoms with E-state index in [0.717, 1.165) is 72.5 Å². The zero-order valence-electron chi connectivity index (χ0n) is 26.1. The van der Waals surface area contributed by atoms with Crippen LogP contribution in [0.3, 0.4) is 0 Å². The van der Waals surface area contributed by atoms with Crippen LogP contribution in [0.4, 0.5) is 0 Å². The number of rotatable bonds is 5. The number of hydrogen-bond donors (Lipinski definition) is 1. The summed E-state index contributed by atoms with van der Waals surface area (Å²) >= 11 is 0. The molecule has 0 unspecified atom stereocenters. The maximum Gasteiger partial charge on any atom is 0.148 e. The Balaban J connectivity index is 1.27. The largest absolute Gasteiger partial charge is 0.507 e. The minimum Gasteiger partial charge on any atom is -0.507 e. The van der Waals surface area contributed by atoms with Gasteiger partial charge in [0.2, 0.25) is 0 Å². The van der Waals surface area contributed by atoms with Gasteiger partial charge in [-0.2, -0.15) is 0 Å². The van der Waals surface area contributed by atoms with Crippen molar-refractivity contribution >= 4 is 27.6 Å². The van der Waals surface area contributed by atoms with Crippen molar-refractivity contribution in [3.63, 3.8) is 0 Å². The minimum absolute atomic E-state index is 0.118. The van der Waals surface area contributed by atoms with Crippen molar-refractivity contribution in [1.29, 1.82) is 0 Å². The number of fused-ring (bicyclic) bond motifs is 4. The molecule has 0 amide bonds. The van der Waals surface area contributed by atoms with E-state index in [4.69, 9.17) is 14.4 Å². The molecule has 1 N–H and O–H groups in total. The van der Waals surface area contributed by atoms with Crippen molar-refractivity contribution in [1.82, 2.24) is 14.4 Å². The number of aromatic nitrogens is 3. The Morgan fingerprint density at radius 2 is 1.33 bits per heavy atom. The number of phenolic OH excluding ortho intramolecular Hbond substituents is 1. The van der Waals surface area contributed by atoms with Gasteiger partial charge in [0.1, 0.15) is 22.6 Å². The highest BCUT2D eigenvalue weighted by Crippen LogP contribution is 2.43. The Labute approximate surface area is 277 Å². The van der Waals surface area contributed by atoms with E-state index in [1.165, 1.54) is 0 Å². The summed E-state index contributed by atoms with van der Waals surface area (Å²) < 4.78 is 8.53. The highest BCUT2D eigenvalue weighted by atomic mass is 16.3. The molecule has 5 aromatic carbocycles. The van der Waals surface area contributed by atoms with Crippen LogP contribution in [-0.4, -0.2) is 19.5 Å². The molecule has 0 radical (unpaired) electrons. The van der Waals surface area contributed by atoms with E-state index in [0.29, 0.717) is 16.8 Å². The molecule has 0 aliphatic rings. The van der Waals surface area contributed by atoms with E-state index >= 15 is 0 Å². The van der Waals surface area contributed by atoms with E-state index in [9.17, 15) is 5.11 Å². The number of nitrogens with zero attached hydrogens (tertiary/aromatic N) is 3. The minimum atomic E-state index is 0.118.